The van der Waals surface area contributed by atoms with E-state index in [1.54, 1.807) is 6.92 Å². The molecule has 1 aliphatic heterocycles. The molecule has 0 aliphatic carbocycles. The van der Waals surface area contributed by atoms with Gasteiger partial charge >= 0.3 is 5.97 Å². The summed E-state index contributed by atoms with van der Waals surface area (Å²) in [5, 5.41) is 10.0. The molecular weight excluding hydrogens is 290 g/mol. The number of hydrogen-bond donors (Lipinski definition) is 1. The fourth-order valence-electron chi connectivity index (χ4n) is 2.29. The summed E-state index contributed by atoms with van der Waals surface area (Å²) in [7, 11) is 2.90. The average Bonchev–Trinajstić information content (AvgIpc) is 2.89. The normalized spacial score (nSPS) is 16.1. The predicted molar refractivity (Wildman–Crippen MR) is 73.0 cm³/mol. The summed E-state index contributed by atoms with van der Waals surface area (Å²) in [6, 6.07) is 1.50. The Morgan fingerprint density at radius 3 is 2.45 bits per heavy atom. The van der Waals surface area contributed by atoms with Gasteiger partial charge in [-0.1, -0.05) is 0 Å². The first-order chi connectivity index (χ1) is 10.5. The number of carbonyl (C=O) groups excluding carboxylic acids is 1. The van der Waals surface area contributed by atoms with Crippen molar-refractivity contribution in [2.45, 2.75) is 13.0 Å². The lowest BCUT2D eigenvalue weighted by molar-refractivity contribution is 0.0438. The Bertz CT molecular complexity index is 740. The van der Waals surface area contributed by atoms with Crippen LogP contribution < -0.4 is 9.47 Å². The van der Waals surface area contributed by atoms with Crippen molar-refractivity contribution in [3.8, 4) is 17.5 Å². The third kappa shape index (κ3) is 2.09. The minimum atomic E-state index is -0.937. The molecule has 2 aromatic heterocycles. The fraction of sp³-hybridized carbons (Fsp3) is 0.286. The highest BCUT2D eigenvalue weighted by atomic mass is 16.6. The molecule has 1 N–H and O–H groups in total. The van der Waals surface area contributed by atoms with Crippen molar-refractivity contribution < 1.29 is 24.1 Å². The number of fused-ring (bicyclic) bond motifs is 1. The Balaban J connectivity index is 2.17. The van der Waals surface area contributed by atoms with Gasteiger partial charge in [-0.2, -0.15) is 9.97 Å². The van der Waals surface area contributed by atoms with E-state index in [4.69, 9.17) is 14.2 Å². The summed E-state index contributed by atoms with van der Waals surface area (Å²) in [6.45, 7) is 1.66. The van der Waals surface area contributed by atoms with Gasteiger partial charge in [0.2, 0.25) is 11.8 Å². The molecule has 22 heavy (non-hydrogen) atoms. The molecule has 8 nitrogen and oxygen atoms in total. The number of esters is 1. The molecule has 8 heteroatoms. The van der Waals surface area contributed by atoms with Crippen molar-refractivity contribution in [3.05, 3.63) is 34.9 Å². The van der Waals surface area contributed by atoms with Gasteiger partial charge in [0.1, 0.15) is 5.75 Å². The predicted octanol–water partition coefficient (Wildman–Crippen LogP) is 1.16. The van der Waals surface area contributed by atoms with E-state index in [1.165, 1.54) is 26.5 Å². The van der Waals surface area contributed by atoms with Crippen molar-refractivity contribution in [3.63, 3.8) is 0 Å². The van der Waals surface area contributed by atoms with E-state index >= 15 is 0 Å². The zero-order chi connectivity index (χ0) is 15.9. The number of aromatic nitrogens is 3. The first kappa shape index (κ1) is 14.1. The monoisotopic (exact) mass is 303 g/mol. The lowest BCUT2D eigenvalue weighted by Gasteiger charge is -2.12. The number of aromatic hydroxyl groups is 1. The van der Waals surface area contributed by atoms with E-state index in [2.05, 4.69) is 15.0 Å². The Labute approximate surface area is 125 Å². The first-order valence-corrected chi connectivity index (χ1v) is 6.41. The SMILES string of the molecule is COc1cc(OC)nc(C2OC(=O)c3c(C)ncc(O)c32)n1. The summed E-state index contributed by atoms with van der Waals surface area (Å²) in [5.41, 5.74) is 0.998. The van der Waals surface area contributed by atoms with Crippen LogP contribution in [0.25, 0.3) is 0 Å². The fourth-order valence-corrected chi connectivity index (χ4v) is 2.29. The molecule has 0 radical (unpaired) electrons. The second-order valence-corrected chi connectivity index (χ2v) is 4.61. The van der Waals surface area contributed by atoms with Crippen LogP contribution in [0.2, 0.25) is 0 Å². The van der Waals surface area contributed by atoms with Gasteiger partial charge < -0.3 is 19.3 Å². The Morgan fingerprint density at radius 2 is 1.86 bits per heavy atom. The highest BCUT2D eigenvalue weighted by Crippen LogP contribution is 2.41. The van der Waals surface area contributed by atoms with Crippen LogP contribution in [0.5, 0.6) is 17.5 Å². The van der Waals surface area contributed by atoms with Gasteiger partial charge in [0.15, 0.2) is 11.9 Å². The molecular formula is C14H13N3O5. The van der Waals surface area contributed by atoms with Crippen LogP contribution in [0.1, 0.15) is 33.5 Å². The molecule has 0 saturated heterocycles. The maximum atomic E-state index is 12.0. The molecule has 3 rings (SSSR count). The van der Waals surface area contributed by atoms with Crippen LogP contribution in [-0.2, 0) is 4.74 Å². The molecule has 0 amide bonds. The Kier molecular flexibility index (Phi) is 3.28. The van der Waals surface area contributed by atoms with E-state index in [-0.39, 0.29) is 28.9 Å². The molecule has 0 saturated carbocycles. The van der Waals surface area contributed by atoms with Crippen LogP contribution in [0.15, 0.2) is 12.3 Å². The van der Waals surface area contributed by atoms with Crippen LogP contribution in [-0.4, -0.2) is 40.2 Å². The topological polar surface area (TPSA) is 104 Å². The number of hydrogen-bond acceptors (Lipinski definition) is 8. The quantitative estimate of drug-likeness (QED) is 0.842. The molecule has 0 spiro atoms. The van der Waals surface area contributed by atoms with Gasteiger partial charge in [-0.05, 0) is 6.92 Å². The number of ether oxygens (including phenoxy) is 3. The molecule has 114 valence electrons. The third-order valence-corrected chi connectivity index (χ3v) is 3.33. The van der Waals surface area contributed by atoms with E-state index in [1.807, 2.05) is 0 Å². The molecule has 0 aromatic carbocycles. The van der Waals surface area contributed by atoms with Gasteiger partial charge in [0, 0.05) is 0 Å². The molecule has 3 heterocycles. The van der Waals surface area contributed by atoms with E-state index < -0.39 is 12.1 Å². The smallest absolute Gasteiger partial charge is 0.341 e. The number of aryl methyl sites for hydroxylation is 1. The number of carbonyl (C=O) groups is 1. The molecule has 2 aromatic rings. The van der Waals surface area contributed by atoms with Crippen molar-refractivity contribution in [1.29, 1.82) is 0 Å². The number of cyclic esters (lactones) is 1. The van der Waals surface area contributed by atoms with Crippen molar-refractivity contribution in [1.82, 2.24) is 15.0 Å². The van der Waals surface area contributed by atoms with E-state index in [9.17, 15) is 9.90 Å². The minimum Gasteiger partial charge on any atom is -0.506 e. The zero-order valence-electron chi connectivity index (χ0n) is 12.2. The number of pyridine rings is 1. The molecule has 1 atom stereocenters. The molecule has 0 fully saturated rings. The van der Waals surface area contributed by atoms with Crippen molar-refractivity contribution >= 4 is 5.97 Å². The van der Waals surface area contributed by atoms with Gasteiger partial charge in [-0.3, -0.25) is 4.98 Å². The van der Waals surface area contributed by atoms with Gasteiger partial charge in [-0.15, -0.1) is 0 Å². The largest absolute Gasteiger partial charge is 0.506 e. The van der Waals surface area contributed by atoms with Crippen LogP contribution in [0.3, 0.4) is 0 Å². The second-order valence-electron chi connectivity index (χ2n) is 4.61. The van der Waals surface area contributed by atoms with Crippen LogP contribution in [0, 0.1) is 6.92 Å². The minimum absolute atomic E-state index is 0.151. The first-order valence-electron chi connectivity index (χ1n) is 6.41. The lowest BCUT2D eigenvalue weighted by Crippen LogP contribution is -2.08. The summed E-state index contributed by atoms with van der Waals surface area (Å²) in [4.78, 5) is 24.3. The van der Waals surface area contributed by atoms with E-state index in [0.717, 1.165) is 0 Å². The maximum absolute atomic E-state index is 12.0. The molecule has 1 unspecified atom stereocenters. The lowest BCUT2D eigenvalue weighted by atomic mass is 10.0. The highest BCUT2D eigenvalue weighted by molar-refractivity contribution is 5.96. The number of nitrogens with zero attached hydrogens (tertiary/aromatic N) is 3. The van der Waals surface area contributed by atoms with Crippen LogP contribution >= 0.6 is 0 Å². The van der Waals surface area contributed by atoms with Gasteiger partial charge in [-0.25, -0.2) is 4.79 Å². The Morgan fingerprint density at radius 1 is 1.23 bits per heavy atom. The standard InChI is InChI=1S/C14H13N3O5/c1-6-10-11(7(18)5-15-6)12(22-14(10)19)13-16-8(20-2)4-9(17-13)21-3/h4-5,12,18H,1-3H3. The van der Waals surface area contributed by atoms with Crippen molar-refractivity contribution in [2.24, 2.45) is 0 Å². The molecule has 0 bridgehead atoms. The number of methoxy groups -OCH3 is 2. The highest BCUT2D eigenvalue weighted by Gasteiger charge is 2.39. The summed E-state index contributed by atoms with van der Waals surface area (Å²) in [5.74, 6) is -0.0504. The maximum Gasteiger partial charge on any atom is 0.341 e. The molecule has 1 aliphatic rings. The van der Waals surface area contributed by atoms with Gasteiger partial charge in [0.05, 0.1) is 43.3 Å². The zero-order valence-corrected chi connectivity index (χ0v) is 12.2. The summed E-state index contributed by atoms with van der Waals surface area (Å²) < 4.78 is 15.5. The summed E-state index contributed by atoms with van der Waals surface area (Å²) in [6.07, 6.45) is 0.328. The third-order valence-electron chi connectivity index (χ3n) is 3.33. The van der Waals surface area contributed by atoms with E-state index in [0.29, 0.717) is 11.3 Å². The second kappa shape index (κ2) is 5.14. The Hall–Kier alpha value is -2.90. The average molecular weight is 303 g/mol. The number of rotatable bonds is 3. The van der Waals surface area contributed by atoms with Gasteiger partial charge in [0.25, 0.3) is 0 Å². The summed E-state index contributed by atoms with van der Waals surface area (Å²) >= 11 is 0. The van der Waals surface area contributed by atoms with Crippen molar-refractivity contribution in [2.75, 3.05) is 14.2 Å². The van der Waals surface area contributed by atoms with Crippen LogP contribution in [0.4, 0.5) is 0 Å².